The molecule has 2 aromatic heterocycles. The van der Waals surface area contributed by atoms with Crippen molar-refractivity contribution in [1.82, 2.24) is 5.43 Å². The van der Waals surface area contributed by atoms with E-state index >= 15 is 0 Å². The van der Waals surface area contributed by atoms with E-state index in [1.165, 1.54) is 18.0 Å². The van der Waals surface area contributed by atoms with Crippen molar-refractivity contribution >= 4 is 62.4 Å². The molecule has 2 aromatic carbocycles. The van der Waals surface area contributed by atoms with Gasteiger partial charge in [0.1, 0.15) is 11.3 Å². The van der Waals surface area contributed by atoms with E-state index in [2.05, 4.69) is 26.5 Å². The van der Waals surface area contributed by atoms with Crippen LogP contribution in [0.4, 0.5) is 0 Å². The largest absolute Gasteiger partial charge is 0.451 e. The van der Waals surface area contributed by atoms with Gasteiger partial charge in [-0.1, -0.05) is 41.6 Å². The van der Waals surface area contributed by atoms with E-state index in [0.717, 1.165) is 14.8 Å². The molecule has 0 bridgehead atoms. The predicted octanol–water partition coefficient (Wildman–Crippen LogP) is 6.36. The van der Waals surface area contributed by atoms with E-state index in [0.29, 0.717) is 21.5 Å². The number of hydrogen-bond acceptors (Lipinski definition) is 5. The lowest BCUT2D eigenvalue weighted by molar-refractivity contribution is 0.0929. The molecule has 5 nitrogen and oxygen atoms in total. The van der Waals surface area contributed by atoms with Crippen molar-refractivity contribution in [3.8, 4) is 0 Å². The highest BCUT2D eigenvalue weighted by molar-refractivity contribution is 9.10. The van der Waals surface area contributed by atoms with Gasteiger partial charge < -0.3 is 8.83 Å². The van der Waals surface area contributed by atoms with Crippen LogP contribution in [0.1, 0.15) is 16.3 Å². The molecule has 0 aliphatic rings. The highest BCUT2D eigenvalue weighted by Crippen LogP contribution is 2.35. The van der Waals surface area contributed by atoms with Gasteiger partial charge in [0.2, 0.25) is 0 Å². The molecule has 28 heavy (non-hydrogen) atoms. The van der Waals surface area contributed by atoms with Crippen LogP contribution in [-0.4, -0.2) is 12.1 Å². The zero-order chi connectivity index (χ0) is 19.5. The lowest BCUT2D eigenvalue weighted by Crippen LogP contribution is -2.16. The monoisotopic (exact) mass is 474 g/mol. The SMILES string of the molecule is O=C(N/N=C/c1cc(Br)c(Sc2ccc(Cl)cc2)o1)c1cc2ccccc2o1. The Morgan fingerprint density at radius 3 is 2.68 bits per heavy atom. The number of benzene rings is 2. The molecule has 1 amide bonds. The van der Waals surface area contributed by atoms with E-state index in [1.54, 1.807) is 18.2 Å². The summed E-state index contributed by atoms with van der Waals surface area (Å²) in [6, 6.07) is 18.3. The van der Waals surface area contributed by atoms with Crippen LogP contribution in [0.3, 0.4) is 0 Å². The van der Waals surface area contributed by atoms with Gasteiger partial charge >= 0.3 is 5.91 Å². The summed E-state index contributed by atoms with van der Waals surface area (Å²) in [5.74, 6) is 0.250. The van der Waals surface area contributed by atoms with E-state index in [9.17, 15) is 4.79 Å². The minimum atomic E-state index is -0.436. The second-order valence-corrected chi connectivity index (χ2v) is 8.02. The summed E-state index contributed by atoms with van der Waals surface area (Å²) in [7, 11) is 0. The van der Waals surface area contributed by atoms with Gasteiger partial charge in [-0.25, -0.2) is 5.43 Å². The summed E-state index contributed by atoms with van der Waals surface area (Å²) in [6.45, 7) is 0. The van der Waals surface area contributed by atoms with Crippen molar-refractivity contribution < 1.29 is 13.6 Å². The van der Waals surface area contributed by atoms with Gasteiger partial charge in [-0.2, -0.15) is 5.10 Å². The summed E-state index contributed by atoms with van der Waals surface area (Å²) in [5, 5.41) is 6.14. The molecule has 4 rings (SSSR count). The zero-order valence-electron chi connectivity index (χ0n) is 14.2. The Morgan fingerprint density at radius 2 is 1.89 bits per heavy atom. The van der Waals surface area contributed by atoms with Crippen LogP contribution in [0.15, 0.2) is 89.1 Å². The second kappa shape index (κ2) is 8.26. The van der Waals surface area contributed by atoms with Crippen LogP contribution in [-0.2, 0) is 0 Å². The van der Waals surface area contributed by atoms with Crippen LogP contribution in [0.2, 0.25) is 5.02 Å². The number of hydrazone groups is 1. The lowest BCUT2D eigenvalue weighted by atomic mass is 10.2. The van der Waals surface area contributed by atoms with Gasteiger partial charge in [0.05, 0.1) is 10.7 Å². The third-order valence-electron chi connectivity index (χ3n) is 3.71. The van der Waals surface area contributed by atoms with Crippen molar-refractivity contribution in [3.63, 3.8) is 0 Å². The van der Waals surface area contributed by atoms with E-state index in [-0.39, 0.29) is 5.76 Å². The molecule has 0 radical (unpaired) electrons. The van der Waals surface area contributed by atoms with Crippen molar-refractivity contribution in [2.45, 2.75) is 9.99 Å². The Balaban J connectivity index is 1.41. The zero-order valence-corrected chi connectivity index (χ0v) is 17.3. The third kappa shape index (κ3) is 4.32. The van der Waals surface area contributed by atoms with E-state index in [1.807, 2.05) is 42.5 Å². The first-order chi connectivity index (χ1) is 13.6. The third-order valence-corrected chi connectivity index (χ3v) is 5.81. The number of nitrogens with one attached hydrogen (secondary N) is 1. The Morgan fingerprint density at radius 1 is 1.11 bits per heavy atom. The van der Waals surface area contributed by atoms with Crippen LogP contribution in [0.5, 0.6) is 0 Å². The molecule has 0 saturated heterocycles. The molecular formula is C20H12BrClN2O3S. The number of nitrogens with zero attached hydrogens (tertiary/aromatic N) is 1. The van der Waals surface area contributed by atoms with Crippen LogP contribution >= 0.6 is 39.3 Å². The molecule has 0 saturated carbocycles. The van der Waals surface area contributed by atoms with E-state index in [4.69, 9.17) is 20.4 Å². The topological polar surface area (TPSA) is 67.7 Å². The first-order valence-electron chi connectivity index (χ1n) is 8.13. The van der Waals surface area contributed by atoms with Gasteiger partial charge in [0.25, 0.3) is 0 Å². The molecule has 140 valence electrons. The Hall–Kier alpha value is -2.48. The minimum Gasteiger partial charge on any atom is -0.451 e. The summed E-state index contributed by atoms with van der Waals surface area (Å²) < 4.78 is 12.0. The van der Waals surface area contributed by atoms with Crippen molar-refractivity contribution in [2.24, 2.45) is 5.10 Å². The second-order valence-electron chi connectivity index (χ2n) is 5.69. The first-order valence-corrected chi connectivity index (χ1v) is 10.1. The molecule has 1 N–H and O–H groups in total. The molecule has 0 spiro atoms. The van der Waals surface area contributed by atoms with Crippen molar-refractivity contribution in [3.05, 3.63) is 81.7 Å². The summed E-state index contributed by atoms with van der Waals surface area (Å²) >= 11 is 10.8. The van der Waals surface area contributed by atoms with Gasteiger partial charge in [-0.3, -0.25) is 4.79 Å². The summed E-state index contributed by atoms with van der Waals surface area (Å²) in [5.41, 5.74) is 3.08. The number of amides is 1. The number of hydrogen-bond donors (Lipinski definition) is 1. The van der Waals surface area contributed by atoms with Crippen molar-refractivity contribution in [2.75, 3.05) is 0 Å². The number of rotatable bonds is 5. The average molecular weight is 476 g/mol. The number of halogens is 2. The Labute approximate surface area is 177 Å². The fourth-order valence-corrected chi connectivity index (χ4v) is 3.87. The molecule has 0 aliphatic carbocycles. The Bertz CT molecular complexity index is 1130. The number of carbonyl (C=O) groups is 1. The molecule has 2 heterocycles. The molecule has 4 aromatic rings. The fraction of sp³-hybridized carbons (Fsp3) is 0. The number of fused-ring (bicyclic) bond motifs is 1. The molecule has 0 atom stereocenters. The molecule has 0 fully saturated rings. The minimum absolute atomic E-state index is 0.193. The van der Waals surface area contributed by atoms with Crippen LogP contribution in [0, 0.1) is 0 Å². The maximum Gasteiger partial charge on any atom is 0.307 e. The normalized spacial score (nSPS) is 11.4. The summed E-state index contributed by atoms with van der Waals surface area (Å²) in [6.07, 6.45) is 1.43. The Kier molecular flexibility index (Phi) is 5.57. The lowest BCUT2D eigenvalue weighted by Gasteiger charge is -1.98. The van der Waals surface area contributed by atoms with Gasteiger partial charge in [0, 0.05) is 21.4 Å². The number of carbonyl (C=O) groups excluding carboxylic acids is 1. The maximum atomic E-state index is 12.2. The smallest absolute Gasteiger partial charge is 0.307 e. The standard InChI is InChI=1S/C20H12BrClN2O3S/c21-16-10-14(26-20(16)28-15-7-5-13(22)6-8-15)11-23-24-19(25)18-9-12-3-1-2-4-17(12)27-18/h1-11H,(H,24,25)/b23-11+. The first kappa shape index (κ1) is 18.9. The maximum absolute atomic E-state index is 12.2. The molecule has 0 unspecified atom stereocenters. The average Bonchev–Trinajstić information content (AvgIpc) is 3.27. The highest BCUT2D eigenvalue weighted by atomic mass is 79.9. The van der Waals surface area contributed by atoms with E-state index < -0.39 is 5.91 Å². The molecular weight excluding hydrogens is 464 g/mol. The van der Waals surface area contributed by atoms with Crippen LogP contribution in [0.25, 0.3) is 11.0 Å². The van der Waals surface area contributed by atoms with Crippen LogP contribution < -0.4 is 5.43 Å². The summed E-state index contributed by atoms with van der Waals surface area (Å²) in [4.78, 5) is 13.2. The van der Waals surface area contributed by atoms with Gasteiger partial charge in [-0.15, -0.1) is 0 Å². The van der Waals surface area contributed by atoms with Gasteiger partial charge in [0.15, 0.2) is 10.9 Å². The highest BCUT2D eigenvalue weighted by Gasteiger charge is 2.12. The molecule has 0 aliphatic heterocycles. The number of furan rings is 2. The fourth-order valence-electron chi connectivity index (χ4n) is 2.42. The van der Waals surface area contributed by atoms with Crippen molar-refractivity contribution in [1.29, 1.82) is 0 Å². The quantitative estimate of drug-likeness (QED) is 0.269. The predicted molar refractivity (Wildman–Crippen MR) is 113 cm³/mol. The molecule has 8 heteroatoms. The number of para-hydroxylation sites is 1. The van der Waals surface area contributed by atoms with Gasteiger partial charge in [-0.05, 0) is 52.3 Å².